The van der Waals surface area contributed by atoms with Crippen molar-refractivity contribution in [3.63, 3.8) is 0 Å². The Labute approximate surface area is 138 Å². The molecule has 3 rings (SSSR count). The number of anilines is 1. The lowest BCUT2D eigenvalue weighted by molar-refractivity contribution is 0.0600. The highest BCUT2D eigenvalue weighted by Crippen LogP contribution is 2.31. The molecule has 0 N–H and O–H groups in total. The van der Waals surface area contributed by atoms with Crippen molar-refractivity contribution in [1.82, 2.24) is 9.78 Å². The van der Waals surface area contributed by atoms with E-state index in [0.717, 1.165) is 24.5 Å². The van der Waals surface area contributed by atoms with Gasteiger partial charge in [0.2, 0.25) is 0 Å². The normalized spacial score (nSPS) is 13.4. The first-order valence-electron chi connectivity index (χ1n) is 6.86. The predicted molar refractivity (Wildman–Crippen MR) is 85.8 cm³/mol. The SMILES string of the molecule is COC(=O)c1c(C)nn2c1N(Cc1ccc(Cl)c(Cl)c1)CC2. The van der Waals surface area contributed by atoms with E-state index in [0.29, 0.717) is 27.8 Å². The topological polar surface area (TPSA) is 47.4 Å². The van der Waals surface area contributed by atoms with Crippen LogP contribution in [0.25, 0.3) is 0 Å². The summed E-state index contributed by atoms with van der Waals surface area (Å²) in [5.74, 6) is 0.440. The lowest BCUT2D eigenvalue weighted by Crippen LogP contribution is -2.22. The van der Waals surface area contributed by atoms with E-state index in [-0.39, 0.29) is 5.97 Å². The van der Waals surface area contributed by atoms with Crippen LogP contribution < -0.4 is 4.90 Å². The van der Waals surface area contributed by atoms with Crippen molar-refractivity contribution < 1.29 is 9.53 Å². The Morgan fingerprint density at radius 1 is 1.32 bits per heavy atom. The molecule has 22 heavy (non-hydrogen) atoms. The molecule has 0 radical (unpaired) electrons. The zero-order valence-corrected chi connectivity index (χ0v) is 13.8. The van der Waals surface area contributed by atoms with Gasteiger partial charge in [0, 0.05) is 13.1 Å². The summed E-state index contributed by atoms with van der Waals surface area (Å²) in [5, 5.41) is 5.47. The van der Waals surface area contributed by atoms with Gasteiger partial charge in [0.05, 0.1) is 29.4 Å². The summed E-state index contributed by atoms with van der Waals surface area (Å²) in [6.07, 6.45) is 0. The van der Waals surface area contributed by atoms with Crippen LogP contribution in [-0.2, 0) is 17.8 Å². The van der Waals surface area contributed by atoms with Gasteiger partial charge in [0.15, 0.2) is 0 Å². The Morgan fingerprint density at radius 2 is 2.09 bits per heavy atom. The predicted octanol–water partition coefficient (Wildman–Crippen LogP) is 3.31. The van der Waals surface area contributed by atoms with Gasteiger partial charge >= 0.3 is 5.97 Å². The number of nitrogens with zero attached hydrogens (tertiary/aromatic N) is 3. The number of ether oxygens (including phenoxy) is 1. The molecule has 0 spiro atoms. The number of esters is 1. The molecule has 0 aliphatic carbocycles. The monoisotopic (exact) mass is 339 g/mol. The van der Waals surface area contributed by atoms with Crippen LogP contribution in [0.3, 0.4) is 0 Å². The third kappa shape index (κ3) is 2.55. The molecule has 5 nitrogen and oxygen atoms in total. The van der Waals surface area contributed by atoms with E-state index in [1.54, 1.807) is 6.07 Å². The minimum atomic E-state index is -0.361. The molecule has 0 atom stereocenters. The lowest BCUT2D eigenvalue weighted by Gasteiger charge is -2.19. The van der Waals surface area contributed by atoms with Crippen molar-refractivity contribution in [2.75, 3.05) is 18.6 Å². The van der Waals surface area contributed by atoms with E-state index in [1.807, 2.05) is 23.7 Å². The Balaban J connectivity index is 1.93. The van der Waals surface area contributed by atoms with Crippen LogP contribution in [0.15, 0.2) is 18.2 Å². The third-order valence-electron chi connectivity index (χ3n) is 3.73. The molecule has 1 aromatic heterocycles. The van der Waals surface area contributed by atoms with Crippen molar-refractivity contribution in [1.29, 1.82) is 0 Å². The fourth-order valence-electron chi connectivity index (χ4n) is 2.72. The Kier molecular flexibility index (Phi) is 4.02. The maximum absolute atomic E-state index is 12.0. The molecule has 0 amide bonds. The number of methoxy groups -OCH3 is 1. The Bertz CT molecular complexity index is 743. The van der Waals surface area contributed by atoms with Gasteiger partial charge in [-0.2, -0.15) is 5.10 Å². The number of aryl methyl sites for hydroxylation is 1. The first-order valence-corrected chi connectivity index (χ1v) is 7.61. The van der Waals surface area contributed by atoms with Gasteiger partial charge in [-0.15, -0.1) is 0 Å². The fraction of sp³-hybridized carbons (Fsp3) is 0.333. The summed E-state index contributed by atoms with van der Waals surface area (Å²) < 4.78 is 6.72. The molecule has 1 aliphatic rings. The van der Waals surface area contributed by atoms with Gasteiger partial charge in [0.25, 0.3) is 0 Å². The molecule has 0 fully saturated rings. The van der Waals surface area contributed by atoms with E-state index in [1.165, 1.54) is 7.11 Å². The quantitative estimate of drug-likeness (QED) is 0.805. The standard InChI is InChI=1S/C15H15Cl2N3O2/c1-9-13(15(21)22-2)14-19(5-6-20(14)18-9)8-10-3-4-11(16)12(17)7-10/h3-4,7H,5-6,8H2,1-2H3. The smallest absolute Gasteiger partial charge is 0.343 e. The van der Waals surface area contributed by atoms with Crippen LogP contribution in [0.1, 0.15) is 21.6 Å². The number of rotatable bonds is 3. The number of hydrogen-bond acceptors (Lipinski definition) is 4. The highest BCUT2D eigenvalue weighted by Gasteiger charge is 2.30. The van der Waals surface area contributed by atoms with E-state index >= 15 is 0 Å². The van der Waals surface area contributed by atoms with E-state index in [2.05, 4.69) is 10.00 Å². The van der Waals surface area contributed by atoms with Crippen LogP contribution in [0, 0.1) is 6.92 Å². The van der Waals surface area contributed by atoms with Gasteiger partial charge in [-0.3, -0.25) is 0 Å². The molecule has 116 valence electrons. The molecular formula is C15H15Cl2N3O2. The molecule has 2 aromatic rings. The maximum Gasteiger partial charge on any atom is 0.343 e. The average molecular weight is 340 g/mol. The van der Waals surface area contributed by atoms with Crippen LogP contribution in [0.4, 0.5) is 5.82 Å². The minimum absolute atomic E-state index is 0.361. The van der Waals surface area contributed by atoms with Crippen molar-refractivity contribution in [3.8, 4) is 0 Å². The molecule has 0 saturated carbocycles. The first kappa shape index (κ1) is 15.2. The zero-order valence-electron chi connectivity index (χ0n) is 12.3. The summed E-state index contributed by atoms with van der Waals surface area (Å²) >= 11 is 12.0. The van der Waals surface area contributed by atoms with Crippen LogP contribution in [-0.4, -0.2) is 29.4 Å². The second-order valence-electron chi connectivity index (χ2n) is 5.17. The number of hydrogen-bond donors (Lipinski definition) is 0. The molecule has 1 aliphatic heterocycles. The van der Waals surface area contributed by atoms with Gasteiger partial charge in [0.1, 0.15) is 11.4 Å². The number of fused-ring (bicyclic) bond motifs is 1. The van der Waals surface area contributed by atoms with Crippen LogP contribution >= 0.6 is 23.2 Å². The molecule has 0 bridgehead atoms. The van der Waals surface area contributed by atoms with Crippen molar-refractivity contribution in [2.45, 2.75) is 20.0 Å². The van der Waals surface area contributed by atoms with Gasteiger partial charge in [-0.1, -0.05) is 29.3 Å². The van der Waals surface area contributed by atoms with Gasteiger partial charge in [-0.05, 0) is 24.6 Å². The third-order valence-corrected chi connectivity index (χ3v) is 4.47. The average Bonchev–Trinajstić information content (AvgIpc) is 3.01. The summed E-state index contributed by atoms with van der Waals surface area (Å²) in [6, 6.07) is 5.55. The molecule has 2 heterocycles. The fourth-order valence-corrected chi connectivity index (χ4v) is 3.04. The highest BCUT2D eigenvalue weighted by atomic mass is 35.5. The van der Waals surface area contributed by atoms with Crippen molar-refractivity contribution >= 4 is 35.0 Å². The van der Waals surface area contributed by atoms with E-state index < -0.39 is 0 Å². The number of benzene rings is 1. The largest absolute Gasteiger partial charge is 0.465 e. The van der Waals surface area contributed by atoms with Crippen LogP contribution in [0.5, 0.6) is 0 Å². The summed E-state index contributed by atoms with van der Waals surface area (Å²) in [5.41, 5.74) is 2.23. The number of halogens is 2. The second-order valence-corrected chi connectivity index (χ2v) is 5.98. The van der Waals surface area contributed by atoms with Crippen molar-refractivity contribution in [3.05, 3.63) is 45.1 Å². The summed E-state index contributed by atoms with van der Waals surface area (Å²) in [6.45, 7) is 3.97. The maximum atomic E-state index is 12.0. The second kappa shape index (κ2) is 5.82. The first-order chi connectivity index (χ1) is 10.5. The lowest BCUT2D eigenvalue weighted by atomic mass is 10.2. The molecule has 0 unspecified atom stereocenters. The number of aromatic nitrogens is 2. The number of carbonyl (C=O) groups excluding carboxylic acids is 1. The molecule has 1 aromatic carbocycles. The molecule has 7 heteroatoms. The van der Waals surface area contributed by atoms with Gasteiger partial charge in [-0.25, -0.2) is 9.48 Å². The Morgan fingerprint density at radius 3 is 2.77 bits per heavy atom. The van der Waals surface area contributed by atoms with E-state index in [9.17, 15) is 4.79 Å². The van der Waals surface area contributed by atoms with Crippen LogP contribution in [0.2, 0.25) is 10.0 Å². The van der Waals surface area contributed by atoms with Gasteiger partial charge < -0.3 is 9.64 Å². The zero-order chi connectivity index (χ0) is 15.9. The summed E-state index contributed by atoms with van der Waals surface area (Å²) in [7, 11) is 1.38. The number of carbonyl (C=O) groups is 1. The van der Waals surface area contributed by atoms with E-state index in [4.69, 9.17) is 27.9 Å². The van der Waals surface area contributed by atoms with Crippen molar-refractivity contribution in [2.24, 2.45) is 0 Å². The molecular weight excluding hydrogens is 325 g/mol. The minimum Gasteiger partial charge on any atom is -0.465 e. The molecule has 0 saturated heterocycles. The highest BCUT2D eigenvalue weighted by molar-refractivity contribution is 6.42. The summed E-state index contributed by atoms with van der Waals surface area (Å²) in [4.78, 5) is 14.1. The Hall–Kier alpha value is -1.72.